The minimum atomic E-state index is -1.37. The van der Waals surface area contributed by atoms with Gasteiger partial charge in [0.05, 0.1) is 0 Å². The summed E-state index contributed by atoms with van der Waals surface area (Å²) in [5.74, 6) is 0.816. The van der Waals surface area contributed by atoms with Crippen LogP contribution in [-0.4, -0.2) is 59.7 Å². The predicted molar refractivity (Wildman–Crippen MR) is 85.3 cm³/mol. The van der Waals surface area contributed by atoms with Gasteiger partial charge in [0.25, 0.3) is 0 Å². The molecule has 0 bridgehead atoms. The van der Waals surface area contributed by atoms with Gasteiger partial charge in [-0.25, -0.2) is 0 Å². The Balaban J connectivity index is 1.58. The summed E-state index contributed by atoms with van der Waals surface area (Å²) in [6.07, 6.45) is 3.96. The molecule has 2 aliphatic rings. The maximum absolute atomic E-state index is 9.13. The molecule has 114 valence electrons. The average Bonchev–Trinajstić information content (AvgIpc) is 2.48. The zero-order chi connectivity index (χ0) is 14.8. The minimum Gasteiger partial charge on any atom is -0.423 e. The van der Waals surface area contributed by atoms with Gasteiger partial charge in [-0.05, 0) is 56.3 Å². The molecule has 2 aliphatic heterocycles. The molecule has 0 radical (unpaired) electrons. The molecule has 2 saturated heterocycles. The molecule has 4 nitrogen and oxygen atoms in total. The molecular formula is C16H25BN2O2. The fraction of sp³-hybridized carbons (Fsp3) is 0.625. The molecule has 2 unspecified atom stereocenters. The largest absolute Gasteiger partial charge is 0.488 e. The van der Waals surface area contributed by atoms with Crippen LogP contribution in [0.1, 0.15) is 24.8 Å². The maximum atomic E-state index is 9.13. The number of fused-ring (bicyclic) bond motifs is 1. The molecule has 2 fully saturated rings. The molecule has 5 heteroatoms. The third kappa shape index (κ3) is 3.48. The van der Waals surface area contributed by atoms with E-state index in [-0.39, 0.29) is 0 Å². The van der Waals surface area contributed by atoms with Crippen molar-refractivity contribution in [3.05, 3.63) is 29.8 Å². The van der Waals surface area contributed by atoms with Crippen LogP contribution in [-0.2, 0) is 6.54 Å². The van der Waals surface area contributed by atoms with Crippen LogP contribution in [0.3, 0.4) is 0 Å². The molecule has 0 aromatic heterocycles. The molecule has 2 N–H and O–H groups in total. The number of likely N-dealkylation sites (tertiary alicyclic amines) is 2. The Morgan fingerprint density at radius 2 is 1.90 bits per heavy atom. The molecule has 3 rings (SSSR count). The fourth-order valence-electron chi connectivity index (χ4n) is 3.92. The minimum absolute atomic E-state index is 0.561. The molecular weight excluding hydrogens is 263 g/mol. The molecule has 0 amide bonds. The molecule has 1 aromatic carbocycles. The van der Waals surface area contributed by atoms with Crippen molar-refractivity contribution in [2.45, 2.75) is 31.8 Å². The molecule has 2 heterocycles. The number of benzene rings is 1. The van der Waals surface area contributed by atoms with Gasteiger partial charge in [-0.3, -0.25) is 4.90 Å². The van der Waals surface area contributed by atoms with E-state index in [9.17, 15) is 0 Å². The second-order valence-corrected chi connectivity index (χ2v) is 6.59. The first-order valence-electron chi connectivity index (χ1n) is 8.01. The van der Waals surface area contributed by atoms with E-state index >= 15 is 0 Å². The first-order valence-corrected chi connectivity index (χ1v) is 8.01. The molecule has 1 aromatic rings. The Morgan fingerprint density at radius 3 is 2.62 bits per heavy atom. The predicted octanol–water partition coefficient (Wildman–Crippen LogP) is 0.282. The normalized spacial score (nSPS) is 27.4. The van der Waals surface area contributed by atoms with Gasteiger partial charge in [0.1, 0.15) is 0 Å². The SMILES string of the molecule is CN1CCCC2CN(Cc3ccc(B(O)O)cc3)CCC21. The van der Waals surface area contributed by atoms with Crippen LogP contribution in [0.4, 0.5) is 0 Å². The first-order chi connectivity index (χ1) is 10.1. The van der Waals surface area contributed by atoms with E-state index in [1.165, 1.54) is 37.9 Å². The van der Waals surface area contributed by atoms with E-state index in [2.05, 4.69) is 16.8 Å². The van der Waals surface area contributed by atoms with Gasteiger partial charge < -0.3 is 14.9 Å². The van der Waals surface area contributed by atoms with E-state index in [1.54, 1.807) is 12.1 Å². The highest BCUT2D eigenvalue weighted by Gasteiger charge is 2.33. The number of hydrogen-bond donors (Lipinski definition) is 2. The summed E-state index contributed by atoms with van der Waals surface area (Å²) in [5.41, 5.74) is 1.81. The van der Waals surface area contributed by atoms with E-state index in [0.29, 0.717) is 5.46 Å². The smallest absolute Gasteiger partial charge is 0.423 e. The van der Waals surface area contributed by atoms with E-state index < -0.39 is 7.12 Å². The van der Waals surface area contributed by atoms with Crippen molar-refractivity contribution in [3.63, 3.8) is 0 Å². The molecule has 2 atom stereocenters. The van der Waals surface area contributed by atoms with Gasteiger partial charge in [0.15, 0.2) is 0 Å². The summed E-state index contributed by atoms with van der Waals surface area (Å²) < 4.78 is 0. The standard InChI is InChI=1S/C16H25BN2O2/c1-18-9-2-3-14-12-19(10-8-16(14)18)11-13-4-6-15(7-5-13)17(20)21/h4-7,14,16,20-21H,2-3,8-12H2,1H3. The lowest BCUT2D eigenvalue weighted by Crippen LogP contribution is -2.52. The van der Waals surface area contributed by atoms with Crippen molar-refractivity contribution >= 4 is 12.6 Å². The number of piperidine rings is 2. The monoisotopic (exact) mass is 288 g/mol. The van der Waals surface area contributed by atoms with Crippen LogP contribution in [0.25, 0.3) is 0 Å². The van der Waals surface area contributed by atoms with Gasteiger partial charge in [0.2, 0.25) is 0 Å². The molecule has 21 heavy (non-hydrogen) atoms. The third-order valence-corrected chi connectivity index (χ3v) is 5.11. The first kappa shape index (κ1) is 15.0. The van der Waals surface area contributed by atoms with Crippen LogP contribution in [0.5, 0.6) is 0 Å². The number of hydrogen-bond acceptors (Lipinski definition) is 4. The Bertz CT molecular complexity index is 466. The second-order valence-electron chi connectivity index (χ2n) is 6.59. The lowest BCUT2D eigenvalue weighted by molar-refractivity contribution is 0.0355. The Labute approximate surface area is 127 Å². The molecule has 0 saturated carbocycles. The van der Waals surface area contributed by atoms with Gasteiger partial charge in [0, 0.05) is 19.1 Å². The highest BCUT2D eigenvalue weighted by atomic mass is 16.4. The highest BCUT2D eigenvalue weighted by molar-refractivity contribution is 6.58. The van der Waals surface area contributed by atoms with Gasteiger partial charge in [-0.1, -0.05) is 24.3 Å². The van der Waals surface area contributed by atoms with E-state index in [0.717, 1.165) is 25.0 Å². The lowest BCUT2D eigenvalue weighted by atomic mass is 9.80. The van der Waals surface area contributed by atoms with Crippen LogP contribution in [0.2, 0.25) is 0 Å². The van der Waals surface area contributed by atoms with Crippen LogP contribution in [0.15, 0.2) is 24.3 Å². The summed E-state index contributed by atoms with van der Waals surface area (Å²) in [5, 5.41) is 18.3. The van der Waals surface area contributed by atoms with Crippen LogP contribution >= 0.6 is 0 Å². The third-order valence-electron chi connectivity index (χ3n) is 5.11. The quantitative estimate of drug-likeness (QED) is 0.785. The molecule has 0 aliphatic carbocycles. The van der Waals surface area contributed by atoms with Crippen molar-refractivity contribution < 1.29 is 10.0 Å². The Hall–Kier alpha value is -0.875. The van der Waals surface area contributed by atoms with E-state index in [1.807, 2.05) is 12.1 Å². The van der Waals surface area contributed by atoms with Gasteiger partial charge in [-0.2, -0.15) is 0 Å². The van der Waals surface area contributed by atoms with Gasteiger partial charge >= 0.3 is 7.12 Å². The van der Waals surface area contributed by atoms with Gasteiger partial charge in [-0.15, -0.1) is 0 Å². The molecule has 0 spiro atoms. The number of rotatable bonds is 3. The highest BCUT2D eigenvalue weighted by Crippen LogP contribution is 2.30. The van der Waals surface area contributed by atoms with Crippen molar-refractivity contribution in [1.29, 1.82) is 0 Å². The second kappa shape index (κ2) is 6.49. The van der Waals surface area contributed by atoms with Crippen LogP contribution < -0.4 is 5.46 Å². The summed E-state index contributed by atoms with van der Waals surface area (Å²) in [6.45, 7) is 4.58. The lowest BCUT2D eigenvalue weighted by Gasteiger charge is -2.46. The Morgan fingerprint density at radius 1 is 1.14 bits per heavy atom. The summed E-state index contributed by atoms with van der Waals surface area (Å²) >= 11 is 0. The van der Waals surface area contributed by atoms with Crippen molar-refractivity contribution in [2.24, 2.45) is 5.92 Å². The average molecular weight is 288 g/mol. The Kier molecular flexibility index (Phi) is 4.64. The maximum Gasteiger partial charge on any atom is 0.488 e. The van der Waals surface area contributed by atoms with Crippen molar-refractivity contribution in [2.75, 3.05) is 26.7 Å². The topological polar surface area (TPSA) is 46.9 Å². The van der Waals surface area contributed by atoms with Crippen molar-refractivity contribution in [1.82, 2.24) is 9.80 Å². The van der Waals surface area contributed by atoms with Crippen LogP contribution in [0, 0.1) is 5.92 Å². The van der Waals surface area contributed by atoms with Crippen molar-refractivity contribution in [3.8, 4) is 0 Å². The number of nitrogens with zero attached hydrogens (tertiary/aromatic N) is 2. The summed E-state index contributed by atoms with van der Waals surface area (Å²) in [7, 11) is 0.901. The zero-order valence-electron chi connectivity index (χ0n) is 12.8. The van der Waals surface area contributed by atoms with E-state index in [4.69, 9.17) is 10.0 Å². The fourth-order valence-corrected chi connectivity index (χ4v) is 3.92. The summed E-state index contributed by atoms with van der Waals surface area (Å²) in [6, 6.07) is 8.41. The zero-order valence-corrected chi connectivity index (χ0v) is 12.8. The summed E-state index contributed by atoms with van der Waals surface area (Å²) in [4.78, 5) is 5.09.